The van der Waals surface area contributed by atoms with Crippen molar-refractivity contribution < 1.29 is 9.59 Å². The molecule has 0 bridgehead atoms. The zero-order valence-corrected chi connectivity index (χ0v) is 15.1. The number of hydrogen-bond donors (Lipinski definition) is 2. The summed E-state index contributed by atoms with van der Waals surface area (Å²) >= 11 is 0. The first-order valence-corrected chi connectivity index (χ1v) is 8.77. The molecule has 2 rings (SSSR count). The smallest absolute Gasteiger partial charge is 0.223 e. The maximum Gasteiger partial charge on any atom is 0.223 e. The van der Waals surface area contributed by atoms with Crippen molar-refractivity contribution >= 4 is 24.2 Å². The first-order chi connectivity index (χ1) is 10.5. The van der Waals surface area contributed by atoms with Crippen molar-refractivity contribution in [2.24, 2.45) is 17.1 Å². The number of hydrogen-bond acceptors (Lipinski definition) is 3. The topological polar surface area (TPSA) is 75.4 Å². The van der Waals surface area contributed by atoms with Crippen molar-refractivity contribution in [2.45, 2.75) is 58.3 Å². The number of rotatable bonds is 5. The zero-order valence-electron chi connectivity index (χ0n) is 14.3. The minimum Gasteiger partial charge on any atom is -0.356 e. The lowest BCUT2D eigenvalue weighted by atomic mass is 9.71. The fourth-order valence-electron chi connectivity index (χ4n) is 3.86. The van der Waals surface area contributed by atoms with Crippen LogP contribution in [0.1, 0.15) is 58.3 Å². The Bertz CT molecular complexity index is 389. The van der Waals surface area contributed by atoms with Crippen LogP contribution in [0.2, 0.25) is 0 Å². The molecule has 0 aromatic rings. The third kappa shape index (κ3) is 5.96. The third-order valence-corrected chi connectivity index (χ3v) is 5.48. The summed E-state index contributed by atoms with van der Waals surface area (Å²) in [5.74, 6) is 0.817. The van der Waals surface area contributed by atoms with Crippen molar-refractivity contribution in [3.05, 3.63) is 0 Å². The second kappa shape index (κ2) is 9.48. The number of halogens is 1. The van der Waals surface area contributed by atoms with Gasteiger partial charge in [0.2, 0.25) is 11.8 Å². The normalized spacial score (nSPS) is 21.4. The summed E-state index contributed by atoms with van der Waals surface area (Å²) in [7, 11) is 0. The van der Waals surface area contributed by atoms with E-state index in [4.69, 9.17) is 5.73 Å². The molecule has 0 radical (unpaired) electrons. The van der Waals surface area contributed by atoms with Gasteiger partial charge in [0.15, 0.2) is 0 Å². The molecule has 0 aromatic heterocycles. The molecule has 134 valence electrons. The molecule has 0 aromatic carbocycles. The minimum absolute atomic E-state index is 0. The zero-order chi connectivity index (χ0) is 16.0. The van der Waals surface area contributed by atoms with E-state index in [2.05, 4.69) is 5.32 Å². The van der Waals surface area contributed by atoms with Crippen LogP contribution in [0, 0.1) is 11.3 Å². The second-order valence-electron chi connectivity index (χ2n) is 7.20. The van der Waals surface area contributed by atoms with Crippen LogP contribution in [0.25, 0.3) is 0 Å². The number of amides is 2. The standard InChI is InChI=1S/C17H31N3O2.ClH/c1-14(21)19-12-15-5-9-20(10-6-15)16(22)11-17(13-18)7-3-2-4-8-17;/h15H,2-13,18H2,1H3,(H,19,21);1H. The second-order valence-corrected chi connectivity index (χ2v) is 7.20. The third-order valence-electron chi connectivity index (χ3n) is 5.48. The summed E-state index contributed by atoms with van der Waals surface area (Å²) < 4.78 is 0. The summed E-state index contributed by atoms with van der Waals surface area (Å²) in [4.78, 5) is 25.6. The van der Waals surface area contributed by atoms with Gasteiger partial charge < -0.3 is 16.0 Å². The van der Waals surface area contributed by atoms with E-state index in [-0.39, 0.29) is 29.6 Å². The highest BCUT2D eigenvalue weighted by molar-refractivity contribution is 5.85. The summed E-state index contributed by atoms with van der Waals surface area (Å²) in [5, 5.41) is 2.88. The fourth-order valence-corrected chi connectivity index (χ4v) is 3.86. The quantitative estimate of drug-likeness (QED) is 0.801. The largest absolute Gasteiger partial charge is 0.356 e. The minimum atomic E-state index is 0. The molecule has 0 unspecified atom stereocenters. The molecule has 2 aliphatic rings. The van der Waals surface area contributed by atoms with Gasteiger partial charge in [0.05, 0.1) is 0 Å². The SMILES string of the molecule is CC(=O)NCC1CCN(C(=O)CC2(CN)CCCCC2)CC1.Cl. The van der Waals surface area contributed by atoms with Crippen molar-refractivity contribution in [3.8, 4) is 0 Å². The van der Waals surface area contributed by atoms with Crippen molar-refractivity contribution in [3.63, 3.8) is 0 Å². The summed E-state index contributed by atoms with van der Waals surface area (Å²) in [6, 6.07) is 0. The molecule has 1 saturated carbocycles. The van der Waals surface area contributed by atoms with E-state index >= 15 is 0 Å². The molecule has 6 heteroatoms. The predicted octanol–water partition coefficient (Wildman–Crippen LogP) is 2.08. The van der Waals surface area contributed by atoms with E-state index in [0.717, 1.165) is 45.3 Å². The average Bonchev–Trinajstić information content (AvgIpc) is 2.54. The van der Waals surface area contributed by atoms with Crippen LogP contribution < -0.4 is 11.1 Å². The van der Waals surface area contributed by atoms with Crippen LogP contribution in [-0.2, 0) is 9.59 Å². The number of likely N-dealkylation sites (tertiary alicyclic amines) is 1. The lowest BCUT2D eigenvalue weighted by Crippen LogP contribution is -2.44. The van der Waals surface area contributed by atoms with Gasteiger partial charge in [-0.3, -0.25) is 9.59 Å². The van der Waals surface area contributed by atoms with Crippen molar-refractivity contribution in [1.29, 1.82) is 0 Å². The molecule has 23 heavy (non-hydrogen) atoms. The Morgan fingerprint density at radius 2 is 1.78 bits per heavy atom. The number of piperidine rings is 1. The lowest BCUT2D eigenvalue weighted by molar-refractivity contribution is -0.135. The molecule has 2 amide bonds. The summed E-state index contributed by atoms with van der Waals surface area (Å²) in [6.45, 7) is 4.57. The van der Waals surface area contributed by atoms with E-state index in [1.165, 1.54) is 19.3 Å². The first kappa shape index (κ1) is 20.2. The van der Waals surface area contributed by atoms with Crippen molar-refractivity contribution in [1.82, 2.24) is 10.2 Å². The Morgan fingerprint density at radius 3 is 2.30 bits per heavy atom. The monoisotopic (exact) mass is 345 g/mol. The van der Waals surface area contributed by atoms with Gasteiger partial charge in [-0.15, -0.1) is 12.4 Å². The highest BCUT2D eigenvalue weighted by Gasteiger charge is 2.35. The number of nitrogens with zero attached hydrogens (tertiary/aromatic N) is 1. The Labute approximate surface area is 146 Å². The van der Waals surface area contributed by atoms with Crippen LogP contribution in [0.3, 0.4) is 0 Å². The maximum absolute atomic E-state index is 12.6. The number of carbonyl (C=O) groups excluding carboxylic acids is 2. The van der Waals surface area contributed by atoms with Crippen LogP contribution in [-0.4, -0.2) is 42.9 Å². The fraction of sp³-hybridized carbons (Fsp3) is 0.882. The van der Waals surface area contributed by atoms with Crippen LogP contribution in [0.15, 0.2) is 0 Å². The van der Waals surface area contributed by atoms with Gasteiger partial charge in [-0.05, 0) is 43.6 Å². The molecule has 2 fully saturated rings. The van der Waals surface area contributed by atoms with E-state index in [9.17, 15) is 9.59 Å². The summed E-state index contributed by atoms with van der Waals surface area (Å²) in [6.07, 6.45) is 8.52. The van der Waals surface area contributed by atoms with Gasteiger partial charge in [-0.2, -0.15) is 0 Å². The molecule has 0 atom stereocenters. The van der Waals surface area contributed by atoms with Gasteiger partial charge in [0.1, 0.15) is 0 Å². The van der Waals surface area contributed by atoms with Gasteiger partial charge >= 0.3 is 0 Å². The Kier molecular flexibility index (Phi) is 8.34. The molecule has 3 N–H and O–H groups in total. The molecular weight excluding hydrogens is 314 g/mol. The molecule has 1 heterocycles. The summed E-state index contributed by atoms with van der Waals surface area (Å²) in [5.41, 5.74) is 6.05. The van der Waals surface area contributed by atoms with Gasteiger partial charge in [-0.25, -0.2) is 0 Å². The molecule has 1 aliphatic heterocycles. The predicted molar refractivity (Wildman–Crippen MR) is 94.4 cm³/mol. The van der Waals surface area contributed by atoms with Gasteiger partial charge in [-0.1, -0.05) is 19.3 Å². The van der Waals surface area contributed by atoms with E-state index in [0.29, 0.717) is 18.9 Å². The van der Waals surface area contributed by atoms with Gasteiger partial charge in [0, 0.05) is 33.0 Å². The van der Waals surface area contributed by atoms with E-state index in [1.54, 1.807) is 6.92 Å². The molecule has 1 aliphatic carbocycles. The van der Waals surface area contributed by atoms with Crippen LogP contribution in [0.5, 0.6) is 0 Å². The number of carbonyl (C=O) groups is 2. The molecule has 5 nitrogen and oxygen atoms in total. The molecular formula is C17H32ClN3O2. The first-order valence-electron chi connectivity index (χ1n) is 8.77. The van der Waals surface area contributed by atoms with Gasteiger partial charge in [0.25, 0.3) is 0 Å². The van der Waals surface area contributed by atoms with Crippen molar-refractivity contribution in [2.75, 3.05) is 26.2 Å². The lowest BCUT2D eigenvalue weighted by Gasteiger charge is -2.39. The Morgan fingerprint density at radius 1 is 1.17 bits per heavy atom. The number of nitrogens with one attached hydrogen (secondary N) is 1. The van der Waals surface area contributed by atoms with Crippen LogP contribution >= 0.6 is 12.4 Å². The highest BCUT2D eigenvalue weighted by Crippen LogP contribution is 2.39. The highest BCUT2D eigenvalue weighted by atomic mass is 35.5. The maximum atomic E-state index is 12.6. The van der Waals surface area contributed by atoms with E-state index in [1.807, 2.05) is 4.90 Å². The average molecular weight is 346 g/mol. The van der Waals surface area contributed by atoms with Crippen LogP contribution in [0.4, 0.5) is 0 Å². The molecule has 1 saturated heterocycles. The Balaban J connectivity index is 0.00000264. The van der Waals surface area contributed by atoms with E-state index < -0.39 is 0 Å². The Hall–Kier alpha value is -0.810. The molecule has 0 spiro atoms. The number of nitrogens with two attached hydrogens (primary N) is 1.